The Morgan fingerprint density at radius 1 is 1.27 bits per heavy atom. The molecule has 1 aromatic carbocycles. The second-order valence-corrected chi connectivity index (χ2v) is 6.43. The number of ether oxygens (including phenoxy) is 2. The fraction of sp³-hybridized carbons (Fsp3) is 0.389. The van der Waals surface area contributed by atoms with Gasteiger partial charge in [0, 0.05) is 23.1 Å². The summed E-state index contributed by atoms with van der Waals surface area (Å²) in [4.78, 5) is 5.69. The van der Waals surface area contributed by atoms with Crippen molar-refractivity contribution in [2.24, 2.45) is 4.99 Å². The molecule has 2 rings (SSSR count). The number of halogens is 2. The molecule has 8 heteroatoms. The molecule has 2 N–H and O–H groups in total. The number of hydrogen-bond donors (Lipinski definition) is 2. The lowest BCUT2D eigenvalue weighted by atomic mass is 10.2. The van der Waals surface area contributed by atoms with Gasteiger partial charge in [0.05, 0.1) is 20.2 Å². The van der Waals surface area contributed by atoms with Crippen molar-refractivity contribution in [3.63, 3.8) is 0 Å². The van der Waals surface area contributed by atoms with Crippen LogP contribution in [0.1, 0.15) is 22.9 Å². The fourth-order valence-corrected chi connectivity index (χ4v) is 3.10. The highest BCUT2D eigenvalue weighted by Gasteiger charge is 2.11. The number of aryl methyl sites for hydroxylation is 1. The number of guanidine groups is 1. The minimum Gasteiger partial charge on any atom is -0.497 e. The highest BCUT2D eigenvalue weighted by molar-refractivity contribution is 7.10. The molecule has 0 radical (unpaired) electrons. The SMILES string of the molecule is CCNC(=NCc1ccc(OC)cc1OC(F)F)NCc1sccc1C. The maximum Gasteiger partial charge on any atom is 0.387 e. The molecule has 0 amide bonds. The van der Waals surface area contributed by atoms with Gasteiger partial charge in [0.1, 0.15) is 11.5 Å². The minimum absolute atomic E-state index is 0.0630. The van der Waals surface area contributed by atoms with Gasteiger partial charge in [-0.3, -0.25) is 0 Å². The number of nitrogens with one attached hydrogen (secondary N) is 2. The first-order valence-electron chi connectivity index (χ1n) is 8.20. The zero-order valence-corrected chi connectivity index (χ0v) is 15.8. The van der Waals surface area contributed by atoms with E-state index < -0.39 is 6.61 Å². The van der Waals surface area contributed by atoms with E-state index in [1.54, 1.807) is 23.5 Å². The molecule has 0 aliphatic heterocycles. The molecule has 0 aliphatic rings. The topological polar surface area (TPSA) is 54.9 Å². The summed E-state index contributed by atoms with van der Waals surface area (Å²) in [6.07, 6.45) is 0. The lowest BCUT2D eigenvalue weighted by molar-refractivity contribution is -0.0505. The van der Waals surface area contributed by atoms with Gasteiger partial charge in [0.15, 0.2) is 5.96 Å². The van der Waals surface area contributed by atoms with Crippen molar-refractivity contribution in [3.8, 4) is 11.5 Å². The molecular weight excluding hydrogens is 360 g/mol. The third-order valence-corrected chi connectivity index (χ3v) is 4.65. The summed E-state index contributed by atoms with van der Waals surface area (Å²) in [6, 6.07) is 6.87. The van der Waals surface area contributed by atoms with Gasteiger partial charge in [-0.05, 0) is 43.0 Å². The monoisotopic (exact) mass is 383 g/mol. The molecule has 26 heavy (non-hydrogen) atoms. The molecule has 0 atom stereocenters. The predicted molar refractivity (Wildman–Crippen MR) is 100 cm³/mol. The molecule has 0 unspecified atom stereocenters. The third-order valence-electron chi connectivity index (χ3n) is 3.63. The van der Waals surface area contributed by atoms with E-state index in [0.29, 0.717) is 30.4 Å². The quantitative estimate of drug-likeness (QED) is 0.536. The van der Waals surface area contributed by atoms with Crippen LogP contribution in [0.3, 0.4) is 0 Å². The Morgan fingerprint density at radius 3 is 2.69 bits per heavy atom. The maximum absolute atomic E-state index is 12.6. The first-order chi connectivity index (χ1) is 12.5. The van der Waals surface area contributed by atoms with E-state index in [1.165, 1.54) is 23.6 Å². The van der Waals surface area contributed by atoms with E-state index >= 15 is 0 Å². The average Bonchev–Trinajstić information content (AvgIpc) is 3.02. The predicted octanol–water partition coefficient (Wildman–Crippen LogP) is 3.92. The average molecular weight is 383 g/mol. The molecule has 1 heterocycles. The summed E-state index contributed by atoms with van der Waals surface area (Å²) in [7, 11) is 1.47. The van der Waals surface area contributed by atoms with Crippen LogP contribution in [0.2, 0.25) is 0 Å². The van der Waals surface area contributed by atoms with Crippen LogP contribution in [0, 0.1) is 6.92 Å². The molecular formula is C18H23F2N3O2S. The van der Waals surface area contributed by atoms with Crippen molar-refractivity contribution in [2.45, 2.75) is 33.5 Å². The first kappa shape index (κ1) is 20.0. The Kier molecular flexibility index (Phi) is 7.65. The summed E-state index contributed by atoms with van der Waals surface area (Å²) < 4.78 is 35.0. The van der Waals surface area contributed by atoms with Crippen molar-refractivity contribution in [3.05, 3.63) is 45.6 Å². The van der Waals surface area contributed by atoms with Crippen molar-refractivity contribution < 1.29 is 18.3 Å². The Bertz CT molecular complexity index is 735. The van der Waals surface area contributed by atoms with E-state index in [2.05, 4.69) is 33.4 Å². The van der Waals surface area contributed by atoms with Crippen LogP contribution in [0.4, 0.5) is 8.78 Å². The summed E-state index contributed by atoms with van der Waals surface area (Å²) in [5, 5.41) is 8.44. The van der Waals surface area contributed by atoms with Gasteiger partial charge in [0.2, 0.25) is 0 Å². The highest BCUT2D eigenvalue weighted by atomic mass is 32.1. The number of hydrogen-bond acceptors (Lipinski definition) is 4. The van der Waals surface area contributed by atoms with Gasteiger partial charge in [0.25, 0.3) is 0 Å². The van der Waals surface area contributed by atoms with Crippen LogP contribution >= 0.6 is 11.3 Å². The number of methoxy groups -OCH3 is 1. The molecule has 1 aromatic heterocycles. The molecule has 0 aliphatic carbocycles. The normalized spacial score (nSPS) is 11.5. The number of alkyl halides is 2. The highest BCUT2D eigenvalue weighted by Crippen LogP contribution is 2.27. The van der Waals surface area contributed by atoms with E-state index in [0.717, 1.165) is 0 Å². The van der Waals surface area contributed by atoms with E-state index in [-0.39, 0.29) is 12.3 Å². The van der Waals surface area contributed by atoms with Crippen LogP contribution in [0.15, 0.2) is 34.6 Å². The Labute approximate surface area is 156 Å². The van der Waals surface area contributed by atoms with Crippen molar-refractivity contribution in [2.75, 3.05) is 13.7 Å². The second-order valence-electron chi connectivity index (χ2n) is 5.43. The third kappa shape index (κ3) is 5.87. The first-order valence-corrected chi connectivity index (χ1v) is 9.08. The standard InChI is InChI=1S/C18H23F2N3O2S/c1-4-21-18(23-11-16-12(2)7-8-26-16)22-10-13-5-6-14(24-3)9-15(13)25-17(19)20/h5-9,17H,4,10-11H2,1-3H3,(H2,21,22,23). The van der Waals surface area contributed by atoms with Crippen molar-refractivity contribution >= 4 is 17.3 Å². The Balaban J connectivity index is 2.11. The lowest BCUT2D eigenvalue weighted by Gasteiger charge is -2.13. The van der Waals surface area contributed by atoms with Gasteiger partial charge in [-0.2, -0.15) is 8.78 Å². The Morgan fingerprint density at radius 2 is 2.08 bits per heavy atom. The van der Waals surface area contributed by atoms with Gasteiger partial charge in [-0.15, -0.1) is 11.3 Å². The lowest BCUT2D eigenvalue weighted by Crippen LogP contribution is -2.36. The van der Waals surface area contributed by atoms with Crippen LogP contribution in [-0.4, -0.2) is 26.2 Å². The smallest absolute Gasteiger partial charge is 0.387 e. The number of aliphatic imine (C=N–C) groups is 1. The Hall–Kier alpha value is -2.35. The molecule has 0 fully saturated rings. The maximum atomic E-state index is 12.6. The zero-order valence-electron chi connectivity index (χ0n) is 15.0. The van der Waals surface area contributed by atoms with E-state index in [1.807, 2.05) is 12.3 Å². The van der Waals surface area contributed by atoms with Gasteiger partial charge < -0.3 is 20.1 Å². The van der Waals surface area contributed by atoms with E-state index in [4.69, 9.17) is 4.74 Å². The van der Waals surface area contributed by atoms with Gasteiger partial charge in [-0.1, -0.05) is 0 Å². The summed E-state index contributed by atoms with van der Waals surface area (Å²) in [5.41, 5.74) is 1.77. The van der Waals surface area contributed by atoms with Crippen LogP contribution in [-0.2, 0) is 13.1 Å². The summed E-state index contributed by atoms with van der Waals surface area (Å²) in [5.74, 6) is 1.12. The number of nitrogens with zero attached hydrogens (tertiary/aromatic N) is 1. The zero-order chi connectivity index (χ0) is 18.9. The largest absolute Gasteiger partial charge is 0.497 e. The fourth-order valence-electron chi connectivity index (χ4n) is 2.25. The molecule has 142 valence electrons. The van der Waals surface area contributed by atoms with Crippen LogP contribution < -0.4 is 20.1 Å². The van der Waals surface area contributed by atoms with Gasteiger partial charge >= 0.3 is 6.61 Å². The number of rotatable bonds is 8. The number of benzene rings is 1. The molecule has 0 spiro atoms. The molecule has 0 saturated carbocycles. The van der Waals surface area contributed by atoms with E-state index in [9.17, 15) is 8.78 Å². The summed E-state index contributed by atoms with van der Waals surface area (Å²) >= 11 is 1.67. The number of thiophene rings is 1. The van der Waals surface area contributed by atoms with Gasteiger partial charge in [-0.25, -0.2) is 4.99 Å². The van der Waals surface area contributed by atoms with Crippen LogP contribution in [0.25, 0.3) is 0 Å². The minimum atomic E-state index is -2.90. The summed E-state index contributed by atoms with van der Waals surface area (Å²) in [6.45, 7) is 2.66. The second kappa shape index (κ2) is 9.96. The molecule has 2 aromatic rings. The molecule has 0 saturated heterocycles. The van der Waals surface area contributed by atoms with Crippen molar-refractivity contribution in [1.82, 2.24) is 10.6 Å². The molecule has 0 bridgehead atoms. The van der Waals surface area contributed by atoms with Crippen LogP contribution in [0.5, 0.6) is 11.5 Å². The molecule has 5 nitrogen and oxygen atoms in total. The van der Waals surface area contributed by atoms with Crippen molar-refractivity contribution in [1.29, 1.82) is 0 Å².